The number of methoxy groups -OCH3 is 1. The second-order valence-corrected chi connectivity index (χ2v) is 4.02. The standard InChI is InChI=1S/C11H15ClFNO2/c1-6(3-4-14)9-10(13)7(12)5-8(15)11(9)16-2/h5-6,15H,3-4,14H2,1-2H3. The number of phenolic OH excluding ortho intramolecular Hbond substituents is 1. The Morgan fingerprint density at radius 2 is 2.25 bits per heavy atom. The van der Waals surface area contributed by atoms with Gasteiger partial charge in [-0.05, 0) is 18.9 Å². The van der Waals surface area contributed by atoms with E-state index in [1.165, 1.54) is 7.11 Å². The van der Waals surface area contributed by atoms with E-state index in [4.69, 9.17) is 22.1 Å². The van der Waals surface area contributed by atoms with Gasteiger partial charge in [0.25, 0.3) is 0 Å². The predicted molar refractivity (Wildman–Crippen MR) is 61.7 cm³/mol. The van der Waals surface area contributed by atoms with E-state index in [0.717, 1.165) is 6.07 Å². The second kappa shape index (κ2) is 5.37. The Bertz CT molecular complexity index is 385. The molecule has 0 bridgehead atoms. The summed E-state index contributed by atoms with van der Waals surface area (Å²) in [6.07, 6.45) is 0.590. The minimum Gasteiger partial charge on any atom is -0.504 e. The summed E-state index contributed by atoms with van der Waals surface area (Å²) >= 11 is 5.67. The Balaban J connectivity index is 3.32. The molecule has 1 unspecified atom stereocenters. The molecule has 0 aliphatic rings. The molecule has 1 aromatic carbocycles. The SMILES string of the molecule is COc1c(O)cc(Cl)c(F)c1C(C)CCN. The van der Waals surface area contributed by atoms with Gasteiger partial charge in [-0.15, -0.1) is 0 Å². The third kappa shape index (κ3) is 2.39. The van der Waals surface area contributed by atoms with Crippen LogP contribution in [0.5, 0.6) is 11.5 Å². The predicted octanol–water partition coefficient (Wildman–Crippen LogP) is 2.65. The summed E-state index contributed by atoms with van der Waals surface area (Å²) in [4.78, 5) is 0. The summed E-state index contributed by atoms with van der Waals surface area (Å²) in [7, 11) is 1.38. The monoisotopic (exact) mass is 247 g/mol. The van der Waals surface area contributed by atoms with Crippen molar-refractivity contribution in [3.05, 3.63) is 22.5 Å². The molecule has 0 saturated heterocycles. The fourth-order valence-corrected chi connectivity index (χ4v) is 1.87. The molecule has 0 fully saturated rings. The molecule has 5 heteroatoms. The first kappa shape index (κ1) is 13.1. The van der Waals surface area contributed by atoms with E-state index in [1.54, 1.807) is 0 Å². The Morgan fingerprint density at radius 3 is 2.75 bits per heavy atom. The fourth-order valence-electron chi connectivity index (χ4n) is 1.66. The highest BCUT2D eigenvalue weighted by Crippen LogP contribution is 2.41. The zero-order valence-electron chi connectivity index (χ0n) is 9.26. The van der Waals surface area contributed by atoms with Crippen LogP contribution in [0.15, 0.2) is 6.07 Å². The topological polar surface area (TPSA) is 55.5 Å². The summed E-state index contributed by atoms with van der Waals surface area (Å²) in [6, 6.07) is 1.13. The first-order chi connectivity index (χ1) is 7.52. The molecular weight excluding hydrogens is 233 g/mol. The largest absolute Gasteiger partial charge is 0.504 e. The fraction of sp³-hybridized carbons (Fsp3) is 0.455. The number of ether oxygens (including phenoxy) is 1. The molecule has 3 nitrogen and oxygen atoms in total. The number of phenols is 1. The van der Waals surface area contributed by atoms with Crippen molar-refractivity contribution in [1.82, 2.24) is 0 Å². The van der Waals surface area contributed by atoms with Crippen LogP contribution in [0.3, 0.4) is 0 Å². The van der Waals surface area contributed by atoms with Gasteiger partial charge in [0.05, 0.1) is 12.1 Å². The van der Waals surface area contributed by atoms with Crippen molar-refractivity contribution < 1.29 is 14.2 Å². The highest BCUT2D eigenvalue weighted by atomic mass is 35.5. The van der Waals surface area contributed by atoms with Gasteiger partial charge in [0, 0.05) is 11.6 Å². The van der Waals surface area contributed by atoms with E-state index in [-0.39, 0.29) is 28.0 Å². The number of hydrogen-bond donors (Lipinski definition) is 2. The molecule has 0 aliphatic carbocycles. The molecule has 0 aromatic heterocycles. The van der Waals surface area contributed by atoms with Crippen molar-refractivity contribution in [3.63, 3.8) is 0 Å². The number of rotatable bonds is 4. The van der Waals surface area contributed by atoms with Gasteiger partial charge < -0.3 is 15.6 Å². The molecule has 0 aliphatic heterocycles. The minimum atomic E-state index is -0.558. The zero-order chi connectivity index (χ0) is 12.3. The zero-order valence-corrected chi connectivity index (χ0v) is 10.0. The van der Waals surface area contributed by atoms with Gasteiger partial charge in [0.2, 0.25) is 0 Å². The molecule has 1 rings (SSSR count). The normalized spacial score (nSPS) is 12.6. The Morgan fingerprint density at radius 1 is 1.62 bits per heavy atom. The van der Waals surface area contributed by atoms with Crippen LogP contribution >= 0.6 is 11.6 Å². The van der Waals surface area contributed by atoms with Gasteiger partial charge in [-0.3, -0.25) is 0 Å². The average molecular weight is 248 g/mol. The minimum absolute atomic E-state index is 0.114. The summed E-state index contributed by atoms with van der Waals surface area (Å²) in [6.45, 7) is 2.24. The van der Waals surface area contributed by atoms with Crippen molar-refractivity contribution in [2.75, 3.05) is 13.7 Å². The van der Waals surface area contributed by atoms with Gasteiger partial charge in [-0.25, -0.2) is 4.39 Å². The van der Waals surface area contributed by atoms with Gasteiger partial charge >= 0.3 is 0 Å². The van der Waals surface area contributed by atoms with E-state index in [9.17, 15) is 9.50 Å². The Labute approximate surface area is 99.0 Å². The smallest absolute Gasteiger partial charge is 0.166 e. The molecule has 0 saturated carbocycles. The van der Waals surface area contributed by atoms with Gasteiger partial charge in [-0.1, -0.05) is 18.5 Å². The third-order valence-electron chi connectivity index (χ3n) is 2.48. The van der Waals surface area contributed by atoms with Crippen LogP contribution in [0.25, 0.3) is 0 Å². The summed E-state index contributed by atoms with van der Waals surface area (Å²) in [5.74, 6) is -0.752. The number of halogens is 2. The van der Waals surface area contributed by atoms with Crippen molar-refractivity contribution in [2.45, 2.75) is 19.3 Å². The Hall–Kier alpha value is -1.00. The molecule has 90 valence electrons. The van der Waals surface area contributed by atoms with E-state index in [1.807, 2.05) is 6.92 Å². The van der Waals surface area contributed by atoms with E-state index < -0.39 is 5.82 Å². The molecule has 0 radical (unpaired) electrons. The first-order valence-electron chi connectivity index (χ1n) is 4.97. The molecule has 0 heterocycles. The maximum atomic E-state index is 13.8. The van der Waals surface area contributed by atoms with Crippen LogP contribution in [0.4, 0.5) is 4.39 Å². The van der Waals surface area contributed by atoms with Crippen molar-refractivity contribution in [3.8, 4) is 11.5 Å². The molecule has 16 heavy (non-hydrogen) atoms. The van der Waals surface area contributed by atoms with Gasteiger partial charge in [-0.2, -0.15) is 0 Å². The van der Waals surface area contributed by atoms with Gasteiger partial charge in [0.15, 0.2) is 11.5 Å². The van der Waals surface area contributed by atoms with E-state index in [2.05, 4.69) is 0 Å². The van der Waals surface area contributed by atoms with E-state index in [0.29, 0.717) is 13.0 Å². The van der Waals surface area contributed by atoms with Crippen LogP contribution in [-0.4, -0.2) is 18.8 Å². The lowest BCUT2D eigenvalue weighted by molar-refractivity contribution is 0.361. The second-order valence-electron chi connectivity index (χ2n) is 3.62. The maximum absolute atomic E-state index is 13.8. The van der Waals surface area contributed by atoms with Crippen LogP contribution in [0.1, 0.15) is 24.8 Å². The van der Waals surface area contributed by atoms with Crippen molar-refractivity contribution in [2.24, 2.45) is 5.73 Å². The maximum Gasteiger partial charge on any atom is 0.166 e. The summed E-state index contributed by atoms with van der Waals surface area (Å²) < 4.78 is 18.8. The molecule has 1 atom stereocenters. The highest BCUT2D eigenvalue weighted by molar-refractivity contribution is 6.31. The van der Waals surface area contributed by atoms with E-state index >= 15 is 0 Å². The molecule has 0 spiro atoms. The Kier molecular flexibility index (Phi) is 4.38. The molecule has 3 N–H and O–H groups in total. The molecular formula is C11H15ClFNO2. The lowest BCUT2D eigenvalue weighted by Crippen LogP contribution is -2.08. The lowest BCUT2D eigenvalue weighted by atomic mass is 9.96. The van der Waals surface area contributed by atoms with Crippen LogP contribution in [-0.2, 0) is 0 Å². The highest BCUT2D eigenvalue weighted by Gasteiger charge is 2.22. The molecule has 1 aromatic rings. The van der Waals surface area contributed by atoms with Crippen LogP contribution < -0.4 is 10.5 Å². The quantitative estimate of drug-likeness (QED) is 0.860. The summed E-state index contributed by atoms with van der Waals surface area (Å²) in [5, 5.41) is 9.49. The van der Waals surface area contributed by atoms with Crippen LogP contribution in [0.2, 0.25) is 5.02 Å². The number of hydrogen-bond acceptors (Lipinski definition) is 3. The summed E-state index contributed by atoms with van der Waals surface area (Å²) in [5.41, 5.74) is 5.70. The van der Waals surface area contributed by atoms with Crippen LogP contribution in [0, 0.1) is 5.82 Å². The lowest BCUT2D eigenvalue weighted by Gasteiger charge is -2.17. The number of benzene rings is 1. The van der Waals surface area contributed by atoms with Gasteiger partial charge in [0.1, 0.15) is 5.82 Å². The first-order valence-corrected chi connectivity index (χ1v) is 5.35. The average Bonchev–Trinajstić information content (AvgIpc) is 2.23. The number of nitrogens with two attached hydrogens (primary N) is 1. The van der Waals surface area contributed by atoms with Crippen molar-refractivity contribution in [1.29, 1.82) is 0 Å². The van der Waals surface area contributed by atoms with Crippen molar-refractivity contribution >= 4 is 11.6 Å². The number of aromatic hydroxyl groups is 1. The molecule has 0 amide bonds. The third-order valence-corrected chi connectivity index (χ3v) is 2.76.